The fraction of sp³-hybridized carbons (Fsp3) is 0.250. The van der Waals surface area contributed by atoms with Crippen LogP contribution in [0.5, 0.6) is 0 Å². The van der Waals surface area contributed by atoms with Crippen molar-refractivity contribution in [1.82, 2.24) is 14.6 Å². The van der Waals surface area contributed by atoms with Gasteiger partial charge in [0.15, 0.2) is 0 Å². The molecule has 2 heterocycles. The lowest BCUT2D eigenvalue weighted by Crippen LogP contribution is -2.48. The molecule has 1 saturated heterocycles. The highest BCUT2D eigenvalue weighted by Crippen LogP contribution is 2.28. The number of pyridine rings is 1. The van der Waals surface area contributed by atoms with Crippen molar-refractivity contribution in [2.75, 3.05) is 19.6 Å². The molecule has 3 rings (SSSR count). The zero-order valence-electron chi connectivity index (χ0n) is 12.4. The van der Waals surface area contributed by atoms with Crippen LogP contribution in [0.4, 0.5) is 0 Å². The van der Waals surface area contributed by atoms with Crippen molar-refractivity contribution in [2.24, 2.45) is 0 Å². The van der Waals surface area contributed by atoms with Gasteiger partial charge in [0, 0.05) is 32.0 Å². The maximum absolute atomic E-state index is 13.0. The molecule has 1 aromatic carbocycles. The van der Waals surface area contributed by atoms with E-state index in [2.05, 4.69) is 10.3 Å². The van der Waals surface area contributed by atoms with E-state index in [1.807, 2.05) is 12.1 Å². The second-order valence-corrected chi connectivity index (χ2v) is 7.15. The summed E-state index contributed by atoms with van der Waals surface area (Å²) in [6.45, 7) is 1.54. The molecular formula is C16H16N4O2S. The Labute approximate surface area is 135 Å². The first-order chi connectivity index (χ1) is 11.1. The lowest BCUT2D eigenvalue weighted by molar-refractivity contribution is 0.271. The molecule has 1 aliphatic heterocycles. The number of rotatable bonds is 3. The molecule has 0 bridgehead atoms. The van der Waals surface area contributed by atoms with Gasteiger partial charge in [-0.15, -0.1) is 0 Å². The summed E-state index contributed by atoms with van der Waals surface area (Å²) in [4.78, 5) is 4.29. The lowest BCUT2D eigenvalue weighted by Gasteiger charge is -2.35. The summed E-state index contributed by atoms with van der Waals surface area (Å²) in [6.07, 6.45) is 3.36. The van der Waals surface area contributed by atoms with Crippen molar-refractivity contribution >= 4 is 10.0 Å². The van der Waals surface area contributed by atoms with Gasteiger partial charge in [-0.05, 0) is 35.9 Å². The van der Waals surface area contributed by atoms with Crippen LogP contribution in [0.25, 0.3) is 0 Å². The number of aromatic nitrogens is 1. The summed E-state index contributed by atoms with van der Waals surface area (Å²) in [5, 5.41) is 12.1. The summed E-state index contributed by atoms with van der Waals surface area (Å²) < 4.78 is 27.4. The fourth-order valence-electron chi connectivity index (χ4n) is 2.67. The van der Waals surface area contributed by atoms with Gasteiger partial charge < -0.3 is 5.32 Å². The van der Waals surface area contributed by atoms with Gasteiger partial charge in [-0.3, -0.25) is 4.98 Å². The topological polar surface area (TPSA) is 86.1 Å². The van der Waals surface area contributed by atoms with Gasteiger partial charge in [-0.2, -0.15) is 9.57 Å². The maximum atomic E-state index is 13.0. The smallest absolute Gasteiger partial charge is 0.243 e. The molecule has 0 amide bonds. The maximum Gasteiger partial charge on any atom is 0.243 e. The molecule has 1 unspecified atom stereocenters. The molecular weight excluding hydrogens is 312 g/mol. The van der Waals surface area contributed by atoms with E-state index in [4.69, 9.17) is 5.26 Å². The Morgan fingerprint density at radius 2 is 2.04 bits per heavy atom. The van der Waals surface area contributed by atoms with Crippen molar-refractivity contribution in [3.05, 3.63) is 59.9 Å². The molecule has 0 saturated carbocycles. The van der Waals surface area contributed by atoms with E-state index in [-0.39, 0.29) is 10.9 Å². The first-order valence-electron chi connectivity index (χ1n) is 7.25. The van der Waals surface area contributed by atoms with E-state index < -0.39 is 10.0 Å². The summed E-state index contributed by atoms with van der Waals surface area (Å²) in [5.74, 6) is 0. The molecule has 1 N–H and O–H groups in total. The highest BCUT2D eigenvalue weighted by Gasteiger charge is 2.34. The third-order valence-electron chi connectivity index (χ3n) is 3.85. The predicted octanol–water partition coefficient (Wildman–Crippen LogP) is 1.29. The molecule has 1 fully saturated rings. The van der Waals surface area contributed by atoms with Gasteiger partial charge in [0.05, 0.1) is 22.6 Å². The SMILES string of the molecule is N#Cc1ccc(S(=O)(=O)N2CCNCC2c2cccnc2)cc1. The standard InChI is InChI=1S/C16H16N4O2S/c17-10-13-3-5-15(6-4-13)23(21,22)20-9-8-19-12-16(20)14-2-1-7-18-11-14/h1-7,11,16,19H,8-9,12H2. The number of benzene rings is 1. The van der Waals surface area contributed by atoms with Gasteiger partial charge >= 0.3 is 0 Å². The largest absolute Gasteiger partial charge is 0.313 e. The Morgan fingerprint density at radius 1 is 1.26 bits per heavy atom. The summed E-state index contributed by atoms with van der Waals surface area (Å²) >= 11 is 0. The average Bonchev–Trinajstić information content (AvgIpc) is 2.62. The van der Waals surface area contributed by atoms with E-state index in [1.54, 1.807) is 18.5 Å². The van der Waals surface area contributed by atoms with Crippen LogP contribution in [0.2, 0.25) is 0 Å². The minimum absolute atomic E-state index is 0.201. The fourth-order valence-corrected chi connectivity index (χ4v) is 4.28. The van der Waals surface area contributed by atoms with E-state index in [0.717, 1.165) is 5.56 Å². The first-order valence-corrected chi connectivity index (χ1v) is 8.69. The Bertz CT molecular complexity index is 813. The average molecular weight is 328 g/mol. The zero-order chi connectivity index (χ0) is 16.3. The minimum Gasteiger partial charge on any atom is -0.313 e. The molecule has 1 aromatic heterocycles. The van der Waals surface area contributed by atoms with Crippen LogP contribution >= 0.6 is 0 Å². The van der Waals surface area contributed by atoms with Gasteiger partial charge in [0.1, 0.15) is 0 Å². The molecule has 7 heteroatoms. The monoisotopic (exact) mass is 328 g/mol. The number of piperazine rings is 1. The zero-order valence-corrected chi connectivity index (χ0v) is 13.2. The Morgan fingerprint density at radius 3 is 2.70 bits per heavy atom. The molecule has 0 aliphatic carbocycles. The molecule has 1 atom stereocenters. The number of hydrogen-bond donors (Lipinski definition) is 1. The first kappa shape index (κ1) is 15.6. The number of nitrogens with one attached hydrogen (secondary N) is 1. The normalized spacial score (nSPS) is 19.2. The third-order valence-corrected chi connectivity index (χ3v) is 5.78. The van der Waals surface area contributed by atoms with Crippen LogP contribution in [0, 0.1) is 11.3 Å². The number of sulfonamides is 1. The second-order valence-electron chi connectivity index (χ2n) is 5.26. The number of nitriles is 1. The summed E-state index contributed by atoms with van der Waals surface area (Å²) in [5.41, 5.74) is 1.30. The van der Waals surface area contributed by atoms with Crippen molar-refractivity contribution in [1.29, 1.82) is 5.26 Å². The van der Waals surface area contributed by atoms with Crippen LogP contribution < -0.4 is 5.32 Å². The highest BCUT2D eigenvalue weighted by molar-refractivity contribution is 7.89. The minimum atomic E-state index is -3.63. The van der Waals surface area contributed by atoms with E-state index in [9.17, 15) is 8.42 Å². The molecule has 1 aliphatic rings. The lowest BCUT2D eigenvalue weighted by atomic mass is 10.1. The van der Waals surface area contributed by atoms with Crippen molar-refractivity contribution < 1.29 is 8.42 Å². The number of nitrogens with zero attached hydrogens (tertiary/aromatic N) is 3. The Kier molecular flexibility index (Phi) is 4.39. The Hall–Kier alpha value is -2.27. The molecule has 6 nitrogen and oxygen atoms in total. The van der Waals surface area contributed by atoms with Crippen molar-refractivity contribution in [2.45, 2.75) is 10.9 Å². The molecule has 0 spiro atoms. The molecule has 23 heavy (non-hydrogen) atoms. The van der Waals surface area contributed by atoms with Gasteiger partial charge in [0.2, 0.25) is 10.0 Å². The Balaban J connectivity index is 1.97. The molecule has 2 aromatic rings. The van der Waals surface area contributed by atoms with E-state index in [0.29, 0.717) is 25.2 Å². The van der Waals surface area contributed by atoms with E-state index >= 15 is 0 Å². The van der Waals surface area contributed by atoms with Gasteiger partial charge in [0.25, 0.3) is 0 Å². The molecule has 118 valence electrons. The van der Waals surface area contributed by atoms with Crippen LogP contribution in [0.3, 0.4) is 0 Å². The predicted molar refractivity (Wildman–Crippen MR) is 84.9 cm³/mol. The quantitative estimate of drug-likeness (QED) is 0.917. The van der Waals surface area contributed by atoms with Crippen LogP contribution in [-0.4, -0.2) is 37.3 Å². The van der Waals surface area contributed by atoms with Crippen LogP contribution in [0.1, 0.15) is 17.2 Å². The van der Waals surface area contributed by atoms with Crippen molar-refractivity contribution in [3.8, 4) is 6.07 Å². The summed E-state index contributed by atoms with van der Waals surface area (Å²) in [6, 6.07) is 11.4. The van der Waals surface area contributed by atoms with Crippen LogP contribution in [-0.2, 0) is 10.0 Å². The van der Waals surface area contributed by atoms with Crippen molar-refractivity contribution in [3.63, 3.8) is 0 Å². The van der Waals surface area contributed by atoms with Gasteiger partial charge in [-0.25, -0.2) is 8.42 Å². The van der Waals surface area contributed by atoms with Gasteiger partial charge in [-0.1, -0.05) is 6.07 Å². The van der Waals surface area contributed by atoms with E-state index in [1.165, 1.54) is 28.6 Å². The third kappa shape index (κ3) is 3.10. The highest BCUT2D eigenvalue weighted by atomic mass is 32.2. The van der Waals surface area contributed by atoms with Crippen LogP contribution in [0.15, 0.2) is 53.7 Å². The second kappa shape index (κ2) is 6.46. The molecule has 0 radical (unpaired) electrons. The number of hydrogen-bond acceptors (Lipinski definition) is 5. The summed E-state index contributed by atoms with van der Waals surface area (Å²) in [7, 11) is -3.63.